The predicted molar refractivity (Wildman–Crippen MR) is 105 cm³/mol. The maximum absolute atomic E-state index is 12.1. The van der Waals surface area contributed by atoms with E-state index in [2.05, 4.69) is 10.3 Å². The average molecular weight is 405 g/mol. The van der Waals surface area contributed by atoms with Crippen molar-refractivity contribution in [2.45, 2.75) is 18.6 Å². The van der Waals surface area contributed by atoms with Gasteiger partial charge in [-0.2, -0.15) is 0 Å². The van der Waals surface area contributed by atoms with Crippen molar-refractivity contribution in [3.8, 4) is 0 Å². The molecule has 3 rings (SSSR count). The number of halogens is 1. The summed E-state index contributed by atoms with van der Waals surface area (Å²) < 4.78 is 10.6. The maximum Gasteiger partial charge on any atom is 0.338 e. The van der Waals surface area contributed by atoms with Gasteiger partial charge in [-0.05, 0) is 48.9 Å². The van der Waals surface area contributed by atoms with Gasteiger partial charge in [0.05, 0.1) is 17.9 Å². The molecule has 1 N–H and O–H groups in total. The van der Waals surface area contributed by atoms with E-state index in [4.69, 9.17) is 20.8 Å². The molecule has 1 heterocycles. The Balaban J connectivity index is 1.53. The molecule has 27 heavy (non-hydrogen) atoms. The molecule has 0 unspecified atom stereocenters. The summed E-state index contributed by atoms with van der Waals surface area (Å²) in [4.78, 5) is 28.1. The first-order valence-corrected chi connectivity index (χ1v) is 9.67. The van der Waals surface area contributed by atoms with E-state index in [-0.39, 0.29) is 17.6 Å². The number of amides is 1. The topological polar surface area (TPSA) is 81.4 Å². The molecule has 0 spiro atoms. The first kappa shape index (κ1) is 19.3. The van der Waals surface area contributed by atoms with Gasteiger partial charge < -0.3 is 14.5 Å². The third-order valence-corrected chi connectivity index (χ3v) is 4.56. The van der Waals surface area contributed by atoms with Crippen LogP contribution in [0, 0.1) is 0 Å². The second kappa shape index (κ2) is 8.92. The maximum atomic E-state index is 12.1. The summed E-state index contributed by atoms with van der Waals surface area (Å²) in [5, 5.41) is 3.74. The fraction of sp³-hybridized carbons (Fsp3) is 0.211. The highest BCUT2D eigenvalue weighted by molar-refractivity contribution is 7.99. The Morgan fingerprint density at radius 1 is 1.22 bits per heavy atom. The van der Waals surface area contributed by atoms with Crippen molar-refractivity contribution >= 4 is 52.0 Å². The van der Waals surface area contributed by atoms with Crippen LogP contribution < -0.4 is 5.32 Å². The van der Waals surface area contributed by atoms with Gasteiger partial charge in [0, 0.05) is 10.7 Å². The lowest BCUT2D eigenvalue weighted by Gasteiger charge is -2.06. The van der Waals surface area contributed by atoms with Crippen molar-refractivity contribution in [2.24, 2.45) is 0 Å². The number of nitrogens with one attached hydrogen (secondary N) is 1. The summed E-state index contributed by atoms with van der Waals surface area (Å²) in [6, 6.07) is 11.7. The second-order valence-electron chi connectivity index (χ2n) is 5.64. The van der Waals surface area contributed by atoms with Gasteiger partial charge in [-0.1, -0.05) is 30.3 Å². The van der Waals surface area contributed by atoms with E-state index in [1.807, 2.05) is 6.92 Å². The summed E-state index contributed by atoms with van der Waals surface area (Å²) in [6.07, 6.45) is 0.769. The minimum Gasteiger partial charge on any atom is -0.462 e. The highest BCUT2D eigenvalue weighted by atomic mass is 35.5. The Hall–Kier alpha value is -2.51. The molecule has 0 saturated carbocycles. The number of fused-ring (bicyclic) bond motifs is 1. The summed E-state index contributed by atoms with van der Waals surface area (Å²) in [6.45, 7) is 2.32. The number of anilines is 1. The van der Waals surface area contributed by atoms with Crippen molar-refractivity contribution in [3.05, 3.63) is 53.1 Å². The molecule has 8 heteroatoms. The second-order valence-corrected chi connectivity index (χ2v) is 7.00. The lowest BCUT2D eigenvalue weighted by Crippen LogP contribution is -2.14. The quantitative estimate of drug-likeness (QED) is 0.451. The normalized spacial score (nSPS) is 10.7. The zero-order chi connectivity index (χ0) is 19.2. The van der Waals surface area contributed by atoms with E-state index >= 15 is 0 Å². The van der Waals surface area contributed by atoms with Crippen LogP contribution >= 0.6 is 23.4 Å². The molecule has 0 bridgehead atoms. The molecule has 140 valence electrons. The molecule has 2 aromatic carbocycles. The van der Waals surface area contributed by atoms with E-state index in [1.54, 1.807) is 42.5 Å². The third kappa shape index (κ3) is 5.24. The Bertz CT molecular complexity index is 956. The van der Waals surface area contributed by atoms with Crippen LogP contribution in [-0.2, 0) is 9.53 Å². The predicted octanol–water partition coefficient (Wildman–Crippen LogP) is 4.78. The van der Waals surface area contributed by atoms with Crippen molar-refractivity contribution in [1.82, 2.24) is 4.98 Å². The van der Waals surface area contributed by atoms with Crippen LogP contribution in [-0.4, -0.2) is 29.2 Å². The highest BCUT2D eigenvalue weighted by Gasteiger charge is 2.11. The summed E-state index contributed by atoms with van der Waals surface area (Å²) in [5.74, 6) is -0.441. The van der Waals surface area contributed by atoms with E-state index in [1.165, 1.54) is 11.8 Å². The minimum atomic E-state index is -0.374. The smallest absolute Gasteiger partial charge is 0.338 e. The lowest BCUT2D eigenvalue weighted by molar-refractivity contribution is -0.113. The van der Waals surface area contributed by atoms with E-state index in [0.717, 1.165) is 6.42 Å². The van der Waals surface area contributed by atoms with E-state index < -0.39 is 0 Å². The summed E-state index contributed by atoms with van der Waals surface area (Å²) in [7, 11) is 0. The number of esters is 1. The van der Waals surface area contributed by atoms with Gasteiger partial charge in [-0.3, -0.25) is 4.79 Å². The lowest BCUT2D eigenvalue weighted by atomic mass is 10.2. The number of benzene rings is 2. The van der Waals surface area contributed by atoms with E-state index in [9.17, 15) is 9.59 Å². The zero-order valence-electron chi connectivity index (χ0n) is 14.5. The van der Waals surface area contributed by atoms with Crippen LogP contribution in [0.3, 0.4) is 0 Å². The fourth-order valence-electron chi connectivity index (χ4n) is 2.23. The molecule has 0 aliphatic rings. The largest absolute Gasteiger partial charge is 0.462 e. The van der Waals surface area contributed by atoms with Gasteiger partial charge in [0.1, 0.15) is 5.52 Å². The van der Waals surface area contributed by atoms with Gasteiger partial charge in [0.15, 0.2) is 5.58 Å². The molecule has 1 aromatic heterocycles. The average Bonchev–Trinajstić information content (AvgIpc) is 3.07. The van der Waals surface area contributed by atoms with Crippen LogP contribution in [0.5, 0.6) is 0 Å². The number of oxazole rings is 1. The number of hydrogen-bond donors (Lipinski definition) is 1. The van der Waals surface area contributed by atoms with Gasteiger partial charge in [-0.15, -0.1) is 0 Å². The number of hydrogen-bond acceptors (Lipinski definition) is 6. The van der Waals surface area contributed by atoms with Crippen LogP contribution in [0.2, 0.25) is 5.02 Å². The van der Waals surface area contributed by atoms with Crippen LogP contribution in [0.15, 0.2) is 52.1 Å². The SMILES string of the molecule is CCCOC(=O)c1ccc(NC(=O)CSc2nc3cc(Cl)ccc3o2)cc1. The molecule has 3 aromatic rings. The van der Waals surface area contributed by atoms with Crippen molar-refractivity contribution < 1.29 is 18.7 Å². The summed E-state index contributed by atoms with van der Waals surface area (Å²) in [5.41, 5.74) is 2.31. The number of rotatable bonds is 7. The Kier molecular flexibility index (Phi) is 6.36. The van der Waals surface area contributed by atoms with Gasteiger partial charge in [-0.25, -0.2) is 9.78 Å². The molecule has 0 aliphatic heterocycles. The number of aromatic nitrogens is 1. The molecule has 1 amide bonds. The first-order chi connectivity index (χ1) is 13.0. The number of thioether (sulfide) groups is 1. The number of carbonyl (C=O) groups excluding carboxylic acids is 2. The van der Waals surface area contributed by atoms with Gasteiger partial charge in [0.2, 0.25) is 5.91 Å². The molecular weight excluding hydrogens is 388 g/mol. The first-order valence-electron chi connectivity index (χ1n) is 8.31. The van der Waals surface area contributed by atoms with Gasteiger partial charge in [0.25, 0.3) is 5.22 Å². The monoisotopic (exact) mass is 404 g/mol. The standard InChI is InChI=1S/C19H17ClN2O4S/c1-2-9-25-18(24)12-3-6-14(7-4-12)21-17(23)11-27-19-22-15-10-13(20)5-8-16(15)26-19/h3-8,10H,2,9,11H2,1H3,(H,21,23). The van der Waals surface area contributed by atoms with Gasteiger partial charge >= 0.3 is 5.97 Å². The molecule has 0 saturated heterocycles. The summed E-state index contributed by atoms with van der Waals surface area (Å²) >= 11 is 7.11. The zero-order valence-corrected chi connectivity index (χ0v) is 16.1. The van der Waals surface area contributed by atoms with Crippen LogP contribution in [0.4, 0.5) is 5.69 Å². The Morgan fingerprint density at radius 3 is 2.74 bits per heavy atom. The van der Waals surface area contributed by atoms with Crippen molar-refractivity contribution in [2.75, 3.05) is 17.7 Å². The van der Waals surface area contributed by atoms with E-state index in [0.29, 0.717) is 39.2 Å². The number of nitrogens with zero attached hydrogens (tertiary/aromatic N) is 1. The molecule has 0 atom stereocenters. The molecule has 0 radical (unpaired) electrons. The molecular formula is C19H17ClN2O4S. The number of carbonyl (C=O) groups is 2. The van der Waals surface area contributed by atoms with Crippen LogP contribution in [0.25, 0.3) is 11.1 Å². The molecule has 0 fully saturated rings. The minimum absolute atomic E-state index is 0.140. The number of ether oxygens (including phenoxy) is 1. The Labute approximate surface area is 165 Å². The Morgan fingerprint density at radius 2 is 2.00 bits per heavy atom. The van der Waals surface area contributed by atoms with Crippen molar-refractivity contribution in [1.29, 1.82) is 0 Å². The fourth-order valence-corrected chi connectivity index (χ4v) is 3.04. The van der Waals surface area contributed by atoms with Crippen molar-refractivity contribution in [3.63, 3.8) is 0 Å². The molecule has 0 aliphatic carbocycles. The third-order valence-electron chi connectivity index (χ3n) is 3.50. The highest BCUT2D eigenvalue weighted by Crippen LogP contribution is 2.25. The van der Waals surface area contributed by atoms with Crippen LogP contribution in [0.1, 0.15) is 23.7 Å². The molecule has 6 nitrogen and oxygen atoms in total.